The third kappa shape index (κ3) is 2.56. The molecule has 0 aliphatic carbocycles. The third-order valence-corrected chi connectivity index (χ3v) is 2.89. The summed E-state index contributed by atoms with van der Waals surface area (Å²) in [5, 5.41) is 18.5. The van der Waals surface area contributed by atoms with Gasteiger partial charge in [0.25, 0.3) is 0 Å². The average Bonchev–Trinajstić information content (AvgIpc) is 2.19. The van der Waals surface area contributed by atoms with Crippen LogP contribution in [0.1, 0.15) is 5.56 Å². The summed E-state index contributed by atoms with van der Waals surface area (Å²) in [7, 11) is 0. The van der Waals surface area contributed by atoms with E-state index >= 15 is 0 Å². The molecule has 1 aromatic rings. The number of rotatable bonds is 4. The number of hydrogen-bond acceptors (Lipinski definition) is 2. The third-order valence-electron chi connectivity index (χ3n) is 1.96. The number of carbonyl (C=O) groups is 1. The number of hydrogen-bond donors (Lipinski definition) is 2. The van der Waals surface area contributed by atoms with E-state index in [-0.39, 0.29) is 11.8 Å². The van der Waals surface area contributed by atoms with Crippen molar-refractivity contribution in [2.45, 2.75) is 12.0 Å². The van der Waals surface area contributed by atoms with E-state index in [1.807, 2.05) is 18.2 Å². The van der Waals surface area contributed by atoms with E-state index in [1.165, 1.54) is 0 Å². The Kier molecular flexibility index (Phi) is 3.66. The molecule has 0 aromatic heterocycles. The Hall–Kier alpha value is -0.870. The zero-order valence-corrected chi connectivity index (χ0v) is 9.07. The second-order valence-corrected chi connectivity index (χ2v) is 3.69. The molecular formula is C10H11BrO3. The lowest BCUT2D eigenvalue weighted by atomic mass is 9.97. The van der Waals surface area contributed by atoms with Gasteiger partial charge in [0.1, 0.15) is 0 Å². The van der Waals surface area contributed by atoms with Gasteiger partial charge in [-0.3, -0.25) is 0 Å². The van der Waals surface area contributed by atoms with Crippen molar-refractivity contribution in [2.75, 3.05) is 5.33 Å². The first-order valence-electron chi connectivity index (χ1n) is 4.14. The molecule has 0 saturated heterocycles. The smallest absolute Gasteiger partial charge is 0.336 e. The van der Waals surface area contributed by atoms with E-state index < -0.39 is 11.6 Å². The number of halogens is 1. The van der Waals surface area contributed by atoms with Gasteiger partial charge in [0.2, 0.25) is 0 Å². The van der Waals surface area contributed by atoms with Crippen LogP contribution in [0.4, 0.5) is 0 Å². The maximum absolute atomic E-state index is 10.8. The van der Waals surface area contributed by atoms with Crippen LogP contribution in [0.15, 0.2) is 30.3 Å². The minimum atomic E-state index is -1.72. The van der Waals surface area contributed by atoms with Gasteiger partial charge in [-0.25, -0.2) is 4.79 Å². The Morgan fingerprint density at radius 3 is 2.36 bits per heavy atom. The summed E-state index contributed by atoms with van der Waals surface area (Å²) in [5.74, 6) is -1.21. The Morgan fingerprint density at radius 2 is 1.93 bits per heavy atom. The predicted molar refractivity (Wildman–Crippen MR) is 56.5 cm³/mol. The Balaban J connectivity index is 2.81. The van der Waals surface area contributed by atoms with Crippen LogP contribution in [0.2, 0.25) is 0 Å². The van der Waals surface area contributed by atoms with Crippen molar-refractivity contribution >= 4 is 21.9 Å². The highest BCUT2D eigenvalue weighted by molar-refractivity contribution is 9.09. The summed E-state index contributed by atoms with van der Waals surface area (Å²) in [4.78, 5) is 10.8. The average molecular weight is 259 g/mol. The minimum absolute atomic E-state index is 0.0181. The Labute approximate surface area is 90.5 Å². The highest BCUT2D eigenvalue weighted by Gasteiger charge is 2.34. The summed E-state index contributed by atoms with van der Waals surface area (Å²) in [6, 6.07) is 9.04. The standard InChI is InChI=1S/C10H11BrO3/c11-7-10(14,9(12)13)6-8-4-2-1-3-5-8/h1-5,14H,6-7H2,(H,12,13)/t10-/m0/s1. The molecule has 0 saturated carbocycles. The predicted octanol–water partition coefficient (Wildman–Crippen LogP) is 1.44. The topological polar surface area (TPSA) is 57.5 Å². The lowest BCUT2D eigenvalue weighted by molar-refractivity contribution is -0.155. The van der Waals surface area contributed by atoms with Gasteiger partial charge >= 0.3 is 5.97 Å². The molecule has 0 aliphatic rings. The maximum atomic E-state index is 10.8. The van der Waals surface area contributed by atoms with Gasteiger partial charge in [-0.05, 0) is 5.56 Å². The largest absolute Gasteiger partial charge is 0.479 e. The molecule has 1 aromatic carbocycles. The van der Waals surface area contributed by atoms with E-state index in [2.05, 4.69) is 15.9 Å². The monoisotopic (exact) mass is 258 g/mol. The molecule has 3 nitrogen and oxygen atoms in total. The fourth-order valence-electron chi connectivity index (χ4n) is 1.11. The van der Waals surface area contributed by atoms with Gasteiger partial charge in [0.05, 0.1) is 0 Å². The molecular weight excluding hydrogens is 248 g/mol. The van der Waals surface area contributed by atoms with Crippen molar-refractivity contribution in [3.05, 3.63) is 35.9 Å². The highest BCUT2D eigenvalue weighted by Crippen LogP contribution is 2.16. The molecule has 0 fully saturated rings. The summed E-state index contributed by atoms with van der Waals surface area (Å²) in [5.41, 5.74) is -0.918. The molecule has 2 N–H and O–H groups in total. The van der Waals surface area contributed by atoms with Crippen molar-refractivity contribution in [3.63, 3.8) is 0 Å². The number of aliphatic hydroxyl groups is 1. The van der Waals surface area contributed by atoms with Crippen LogP contribution >= 0.6 is 15.9 Å². The molecule has 14 heavy (non-hydrogen) atoms. The molecule has 1 rings (SSSR count). The van der Waals surface area contributed by atoms with Gasteiger partial charge in [-0.1, -0.05) is 46.3 Å². The normalized spacial score (nSPS) is 14.7. The highest BCUT2D eigenvalue weighted by atomic mass is 79.9. The van der Waals surface area contributed by atoms with Crippen LogP contribution in [-0.4, -0.2) is 27.1 Å². The van der Waals surface area contributed by atoms with Gasteiger partial charge < -0.3 is 10.2 Å². The van der Waals surface area contributed by atoms with Gasteiger partial charge in [-0.2, -0.15) is 0 Å². The van der Waals surface area contributed by atoms with E-state index in [0.29, 0.717) is 0 Å². The van der Waals surface area contributed by atoms with Gasteiger partial charge in [0.15, 0.2) is 5.60 Å². The number of carboxylic acids is 1. The van der Waals surface area contributed by atoms with Crippen LogP contribution in [0.3, 0.4) is 0 Å². The molecule has 0 spiro atoms. The Morgan fingerprint density at radius 1 is 1.36 bits per heavy atom. The first-order valence-corrected chi connectivity index (χ1v) is 5.26. The lowest BCUT2D eigenvalue weighted by Gasteiger charge is -2.20. The molecule has 0 aliphatic heterocycles. The number of alkyl halides is 1. The molecule has 0 unspecified atom stereocenters. The SMILES string of the molecule is O=C(O)[C@@](O)(CBr)Cc1ccccc1. The van der Waals surface area contributed by atoms with Crippen molar-refractivity contribution in [3.8, 4) is 0 Å². The van der Waals surface area contributed by atoms with Crippen LogP contribution < -0.4 is 0 Å². The van der Waals surface area contributed by atoms with Crippen molar-refractivity contribution in [1.29, 1.82) is 0 Å². The van der Waals surface area contributed by atoms with E-state index in [1.54, 1.807) is 12.1 Å². The molecule has 0 heterocycles. The second-order valence-electron chi connectivity index (χ2n) is 3.13. The quantitative estimate of drug-likeness (QED) is 0.804. The van der Waals surface area contributed by atoms with Crippen molar-refractivity contribution in [2.24, 2.45) is 0 Å². The van der Waals surface area contributed by atoms with Crippen molar-refractivity contribution in [1.82, 2.24) is 0 Å². The molecule has 4 heteroatoms. The first kappa shape index (κ1) is 11.2. The van der Waals surface area contributed by atoms with Gasteiger partial charge in [0, 0.05) is 11.8 Å². The zero-order valence-electron chi connectivity index (χ0n) is 7.48. The second kappa shape index (κ2) is 4.57. The zero-order chi connectivity index (χ0) is 10.6. The molecule has 1 atom stereocenters. The molecule has 0 radical (unpaired) electrons. The summed E-state index contributed by atoms with van der Waals surface area (Å²) < 4.78 is 0. The van der Waals surface area contributed by atoms with E-state index in [4.69, 9.17) is 5.11 Å². The van der Waals surface area contributed by atoms with E-state index in [9.17, 15) is 9.90 Å². The van der Waals surface area contributed by atoms with Crippen LogP contribution in [0.25, 0.3) is 0 Å². The number of aliphatic carboxylic acids is 1. The van der Waals surface area contributed by atoms with Gasteiger partial charge in [-0.15, -0.1) is 0 Å². The minimum Gasteiger partial charge on any atom is -0.479 e. The maximum Gasteiger partial charge on any atom is 0.336 e. The van der Waals surface area contributed by atoms with Crippen molar-refractivity contribution < 1.29 is 15.0 Å². The number of carboxylic acid groups (broad SMARTS) is 1. The molecule has 76 valence electrons. The fourth-order valence-corrected chi connectivity index (χ4v) is 1.55. The first-order chi connectivity index (χ1) is 6.58. The number of benzene rings is 1. The summed E-state index contributed by atoms with van der Waals surface area (Å²) >= 11 is 3.00. The summed E-state index contributed by atoms with van der Waals surface area (Å²) in [6.07, 6.45) is 0.106. The van der Waals surface area contributed by atoms with Crippen LogP contribution in [-0.2, 0) is 11.2 Å². The van der Waals surface area contributed by atoms with Crippen LogP contribution in [0, 0.1) is 0 Å². The van der Waals surface area contributed by atoms with Crippen LogP contribution in [0.5, 0.6) is 0 Å². The summed E-state index contributed by atoms with van der Waals surface area (Å²) in [6.45, 7) is 0. The lowest BCUT2D eigenvalue weighted by Crippen LogP contribution is -2.42. The van der Waals surface area contributed by atoms with E-state index in [0.717, 1.165) is 5.56 Å². The Bertz CT molecular complexity index is 312. The fraction of sp³-hybridized carbons (Fsp3) is 0.300. The molecule has 0 amide bonds. The molecule has 0 bridgehead atoms.